The monoisotopic (exact) mass is 300 g/mol. The van der Waals surface area contributed by atoms with Crippen molar-refractivity contribution < 1.29 is 9.72 Å². The first kappa shape index (κ1) is 13.3. The minimum absolute atomic E-state index is 0.0187. The van der Waals surface area contributed by atoms with Crippen LogP contribution in [-0.2, 0) is 0 Å². The molecule has 21 heavy (non-hydrogen) atoms. The molecule has 0 aliphatic carbocycles. The van der Waals surface area contributed by atoms with E-state index in [9.17, 15) is 14.9 Å². The molecule has 0 unspecified atom stereocenters. The zero-order valence-corrected chi connectivity index (χ0v) is 11.4. The van der Waals surface area contributed by atoms with Gasteiger partial charge in [-0.15, -0.1) is 0 Å². The standard InChI is InChI=1S/C15H9ClN2O3/c16-10-3-1-9(2-4-10)15(19)13-8-17-14-7-11(18(20)21)5-6-12(13)14/h1-8,17H. The number of halogens is 1. The Bertz CT molecular complexity index is 853. The number of H-pyrrole nitrogens is 1. The summed E-state index contributed by atoms with van der Waals surface area (Å²) >= 11 is 5.80. The molecule has 2 aromatic carbocycles. The van der Waals surface area contributed by atoms with Gasteiger partial charge in [-0.05, 0) is 30.3 Å². The molecule has 1 heterocycles. The number of nitro benzene ring substituents is 1. The van der Waals surface area contributed by atoms with Gasteiger partial charge in [0.25, 0.3) is 5.69 Å². The molecule has 0 aliphatic heterocycles. The highest BCUT2D eigenvalue weighted by molar-refractivity contribution is 6.30. The first-order chi connectivity index (χ1) is 10.1. The third-order valence-electron chi connectivity index (χ3n) is 3.23. The van der Waals surface area contributed by atoms with Gasteiger partial charge in [0.2, 0.25) is 0 Å². The van der Waals surface area contributed by atoms with Gasteiger partial charge in [-0.1, -0.05) is 11.6 Å². The normalized spacial score (nSPS) is 10.7. The number of hydrogen-bond acceptors (Lipinski definition) is 3. The number of carbonyl (C=O) groups excluding carboxylic acids is 1. The summed E-state index contributed by atoms with van der Waals surface area (Å²) in [5, 5.41) is 12.0. The number of nitrogens with zero attached hydrogens (tertiary/aromatic N) is 1. The predicted octanol–water partition coefficient (Wildman–Crippen LogP) is 3.96. The second-order valence-electron chi connectivity index (χ2n) is 4.53. The fourth-order valence-electron chi connectivity index (χ4n) is 2.17. The summed E-state index contributed by atoms with van der Waals surface area (Å²) in [6.45, 7) is 0. The van der Waals surface area contributed by atoms with Gasteiger partial charge in [-0.2, -0.15) is 0 Å². The van der Waals surface area contributed by atoms with Crippen molar-refractivity contribution in [2.45, 2.75) is 0 Å². The predicted molar refractivity (Wildman–Crippen MR) is 79.8 cm³/mol. The van der Waals surface area contributed by atoms with Crippen molar-refractivity contribution in [3.8, 4) is 0 Å². The van der Waals surface area contributed by atoms with E-state index in [4.69, 9.17) is 11.6 Å². The minimum atomic E-state index is -0.471. The maximum Gasteiger partial charge on any atom is 0.271 e. The van der Waals surface area contributed by atoms with Crippen LogP contribution in [0, 0.1) is 10.1 Å². The summed E-state index contributed by atoms with van der Waals surface area (Å²) in [6.07, 6.45) is 1.56. The molecule has 0 radical (unpaired) electrons. The summed E-state index contributed by atoms with van der Waals surface area (Å²) in [5.74, 6) is -0.160. The van der Waals surface area contributed by atoms with E-state index in [0.717, 1.165) is 0 Å². The molecule has 0 fully saturated rings. The van der Waals surface area contributed by atoms with E-state index in [2.05, 4.69) is 4.98 Å². The number of hydrogen-bond donors (Lipinski definition) is 1. The highest BCUT2D eigenvalue weighted by Gasteiger charge is 2.16. The summed E-state index contributed by atoms with van der Waals surface area (Å²) in [7, 11) is 0. The molecular weight excluding hydrogens is 292 g/mol. The summed E-state index contributed by atoms with van der Waals surface area (Å²) in [4.78, 5) is 25.6. The molecule has 0 saturated carbocycles. The van der Waals surface area contributed by atoms with Crippen LogP contribution < -0.4 is 0 Å². The van der Waals surface area contributed by atoms with Crippen LogP contribution in [-0.4, -0.2) is 15.7 Å². The summed E-state index contributed by atoms with van der Waals surface area (Å²) in [6, 6.07) is 11.0. The summed E-state index contributed by atoms with van der Waals surface area (Å²) < 4.78 is 0. The molecule has 1 N–H and O–H groups in total. The second kappa shape index (κ2) is 5.03. The smallest absolute Gasteiger partial charge is 0.271 e. The Balaban J connectivity index is 2.06. The van der Waals surface area contributed by atoms with Gasteiger partial charge in [0.15, 0.2) is 5.78 Å². The number of nitro groups is 1. The van der Waals surface area contributed by atoms with Crippen LogP contribution in [0.15, 0.2) is 48.7 Å². The Morgan fingerprint density at radius 3 is 2.52 bits per heavy atom. The van der Waals surface area contributed by atoms with Crippen molar-refractivity contribution in [3.63, 3.8) is 0 Å². The highest BCUT2D eigenvalue weighted by atomic mass is 35.5. The van der Waals surface area contributed by atoms with Gasteiger partial charge in [0.1, 0.15) is 0 Å². The van der Waals surface area contributed by atoms with Crippen molar-refractivity contribution in [3.05, 3.63) is 74.9 Å². The molecule has 0 amide bonds. The Hall–Kier alpha value is -2.66. The number of carbonyl (C=O) groups is 1. The van der Waals surface area contributed by atoms with E-state index in [1.54, 1.807) is 36.5 Å². The fourth-order valence-corrected chi connectivity index (χ4v) is 2.30. The molecule has 6 heteroatoms. The largest absolute Gasteiger partial charge is 0.360 e. The highest BCUT2D eigenvalue weighted by Crippen LogP contribution is 2.25. The zero-order valence-electron chi connectivity index (χ0n) is 10.7. The van der Waals surface area contributed by atoms with Crippen molar-refractivity contribution in [1.29, 1.82) is 0 Å². The lowest BCUT2D eigenvalue weighted by Crippen LogP contribution is -1.99. The Kier molecular flexibility index (Phi) is 3.19. The van der Waals surface area contributed by atoms with E-state index in [1.807, 2.05) is 0 Å². The molecule has 1 aromatic heterocycles. The molecule has 0 spiro atoms. The Morgan fingerprint density at radius 1 is 1.14 bits per heavy atom. The maximum atomic E-state index is 12.5. The van der Waals surface area contributed by atoms with E-state index in [0.29, 0.717) is 27.1 Å². The zero-order chi connectivity index (χ0) is 15.0. The minimum Gasteiger partial charge on any atom is -0.360 e. The Labute approximate surface area is 124 Å². The third kappa shape index (κ3) is 2.39. The lowest BCUT2D eigenvalue weighted by Gasteiger charge is -2.00. The number of nitrogens with one attached hydrogen (secondary N) is 1. The number of aromatic amines is 1. The van der Waals surface area contributed by atoms with Crippen LogP contribution >= 0.6 is 11.6 Å². The summed E-state index contributed by atoms with van der Waals surface area (Å²) in [5.41, 5.74) is 1.53. The Morgan fingerprint density at radius 2 is 1.86 bits per heavy atom. The number of benzene rings is 2. The van der Waals surface area contributed by atoms with Gasteiger partial charge in [0, 0.05) is 39.9 Å². The quantitative estimate of drug-likeness (QED) is 0.452. The first-order valence-corrected chi connectivity index (χ1v) is 6.50. The SMILES string of the molecule is O=C(c1ccc(Cl)cc1)c1c[nH]c2cc([N+](=O)[O-])ccc12. The second-order valence-corrected chi connectivity index (χ2v) is 4.96. The van der Waals surface area contributed by atoms with Gasteiger partial charge in [0.05, 0.1) is 10.4 Å². The topological polar surface area (TPSA) is 76.0 Å². The van der Waals surface area contributed by atoms with Gasteiger partial charge >= 0.3 is 0 Å². The van der Waals surface area contributed by atoms with Crippen molar-refractivity contribution in [1.82, 2.24) is 4.98 Å². The molecule has 3 aromatic rings. The van der Waals surface area contributed by atoms with Crippen LogP contribution in [0.1, 0.15) is 15.9 Å². The maximum absolute atomic E-state index is 12.5. The number of non-ortho nitro benzene ring substituents is 1. The molecular formula is C15H9ClN2O3. The fraction of sp³-hybridized carbons (Fsp3) is 0. The van der Waals surface area contributed by atoms with Crippen molar-refractivity contribution in [2.75, 3.05) is 0 Å². The van der Waals surface area contributed by atoms with Gasteiger partial charge in [-0.3, -0.25) is 14.9 Å². The molecule has 5 nitrogen and oxygen atoms in total. The van der Waals surface area contributed by atoms with Crippen LogP contribution in [0.3, 0.4) is 0 Å². The average Bonchev–Trinajstić information content (AvgIpc) is 2.90. The number of rotatable bonds is 3. The number of fused-ring (bicyclic) bond motifs is 1. The molecule has 104 valence electrons. The molecule has 0 aliphatic rings. The first-order valence-electron chi connectivity index (χ1n) is 6.12. The van der Waals surface area contributed by atoms with Gasteiger partial charge in [-0.25, -0.2) is 0 Å². The lowest BCUT2D eigenvalue weighted by atomic mass is 10.0. The van der Waals surface area contributed by atoms with E-state index in [1.165, 1.54) is 12.1 Å². The van der Waals surface area contributed by atoms with E-state index >= 15 is 0 Å². The lowest BCUT2D eigenvalue weighted by molar-refractivity contribution is -0.384. The molecule has 0 saturated heterocycles. The van der Waals surface area contributed by atoms with Crippen molar-refractivity contribution >= 4 is 34.0 Å². The number of aromatic nitrogens is 1. The van der Waals surface area contributed by atoms with E-state index < -0.39 is 4.92 Å². The van der Waals surface area contributed by atoms with Crippen LogP contribution in [0.25, 0.3) is 10.9 Å². The van der Waals surface area contributed by atoms with Crippen molar-refractivity contribution in [2.24, 2.45) is 0 Å². The molecule has 0 bridgehead atoms. The average molecular weight is 301 g/mol. The van der Waals surface area contributed by atoms with E-state index in [-0.39, 0.29) is 11.5 Å². The third-order valence-corrected chi connectivity index (χ3v) is 3.48. The van der Waals surface area contributed by atoms with Gasteiger partial charge < -0.3 is 4.98 Å². The number of ketones is 1. The van der Waals surface area contributed by atoms with Crippen LogP contribution in [0.2, 0.25) is 5.02 Å². The van der Waals surface area contributed by atoms with Crippen LogP contribution in [0.5, 0.6) is 0 Å². The molecule has 3 rings (SSSR count). The molecule has 0 atom stereocenters. The van der Waals surface area contributed by atoms with Crippen LogP contribution in [0.4, 0.5) is 5.69 Å².